The predicted molar refractivity (Wildman–Crippen MR) is 145 cm³/mol. The predicted octanol–water partition coefficient (Wildman–Crippen LogP) is 5.14. The van der Waals surface area contributed by atoms with Gasteiger partial charge in [-0.1, -0.05) is 38.1 Å². The van der Waals surface area contributed by atoms with Gasteiger partial charge in [-0.3, -0.25) is 9.59 Å². The number of ether oxygens (including phenoxy) is 3. The fraction of sp³-hybridized carbons (Fsp3) is 0.258. The first-order valence-corrected chi connectivity index (χ1v) is 12.6. The summed E-state index contributed by atoms with van der Waals surface area (Å²) in [6.45, 7) is 4.73. The van der Waals surface area contributed by atoms with Crippen LogP contribution in [0.4, 0.5) is 0 Å². The standard InChI is InChI=1S/C31H31NO7/c1-19(2)18-39-25-15-11-22(12-16-25)28(33)26-27(21-9-13-24(37-3)14-10-21)32(30(35)29(26)34)17-20-5-7-23(8-6-20)31(36)38-4/h5-16,19,27,33H,17-18H2,1-4H3/b28-26+. The summed E-state index contributed by atoms with van der Waals surface area (Å²) in [5.41, 5.74) is 2.10. The van der Waals surface area contributed by atoms with E-state index < -0.39 is 23.7 Å². The van der Waals surface area contributed by atoms with E-state index in [1.165, 1.54) is 12.0 Å². The lowest BCUT2D eigenvalue weighted by atomic mass is 9.95. The number of nitrogens with zero attached hydrogens (tertiary/aromatic N) is 1. The molecule has 1 saturated heterocycles. The van der Waals surface area contributed by atoms with Crippen LogP contribution in [0.15, 0.2) is 78.4 Å². The molecule has 8 heteroatoms. The van der Waals surface area contributed by atoms with Crippen LogP contribution in [0.1, 0.15) is 46.9 Å². The van der Waals surface area contributed by atoms with E-state index in [4.69, 9.17) is 14.2 Å². The molecule has 1 heterocycles. The number of aliphatic hydroxyl groups excluding tert-OH is 1. The summed E-state index contributed by atoms with van der Waals surface area (Å²) in [4.78, 5) is 39.9. The molecular weight excluding hydrogens is 498 g/mol. The number of methoxy groups -OCH3 is 2. The van der Waals surface area contributed by atoms with E-state index in [0.29, 0.717) is 46.3 Å². The van der Waals surface area contributed by atoms with Gasteiger partial charge in [0, 0.05) is 12.1 Å². The van der Waals surface area contributed by atoms with Crippen LogP contribution in [0.25, 0.3) is 5.76 Å². The minimum atomic E-state index is -0.840. The van der Waals surface area contributed by atoms with Crippen molar-refractivity contribution in [3.8, 4) is 11.5 Å². The number of likely N-dealkylation sites (tertiary alicyclic amines) is 1. The SMILES string of the molecule is COC(=O)c1ccc(CN2C(=O)C(=O)/C(=C(/O)c3ccc(OCC(C)C)cc3)C2c2ccc(OC)cc2)cc1. The van der Waals surface area contributed by atoms with Crippen LogP contribution in [0.5, 0.6) is 11.5 Å². The number of ketones is 1. The Morgan fingerprint density at radius 2 is 1.46 bits per heavy atom. The third-order valence-corrected chi connectivity index (χ3v) is 6.41. The van der Waals surface area contributed by atoms with Gasteiger partial charge in [0.25, 0.3) is 11.7 Å². The van der Waals surface area contributed by atoms with Crippen molar-refractivity contribution >= 4 is 23.4 Å². The second-order valence-corrected chi connectivity index (χ2v) is 9.62. The molecule has 0 radical (unpaired) electrons. The number of benzene rings is 3. The van der Waals surface area contributed by atoms with Gasteiger partial charge in [-0.15, -0.1) is 0 Å². The number of amides is 1. The van der Waals surface area contributed by atoms with Gasteiger partial charge >= 0.3 is 5.97 Å². The van der Waals surface area contributed by atoms with E-state index in [1.54, 1.807) is 79.9 Å². The van der Waals surface area contributed by atoms with E-state index in [0.717, 1.165) is 0 Å². The first kappa shape index (κ1) is 27.4. The average Bonchev–Trinajstić information content (AvgIpc) is 3.20. The maximum absolute atomic E-state index is 13.3. The molecule has 1 N–H and O–H groups in total. The number of aliphatic hydroxyl groups is 1. The van der Waals surface area contributed by atoms with Gasteiger partial charge in [-0.2, -0.15) is 0 Å². The Bertz CT molecular complexity index is 1370. The lowest BCUT2D eigenvalue weighted by molar-refractivity contribution is -0.140. The molecule has 3 aromatic carbocycles. The zero-order valence-electron chi connectivity index (χ0n) is 22.3. The van der Waals surface area contributed by atoms with Crippen LogP contribution in [-0.4, -0.2) is 48.5 Å². The zero-order chi connectivity index (χ0) is 28.1. The molecule has 8 nitrogen and oxygen atoms in total. The minimum absolute atomic E-state index is 0.00723. The molecule has 1 amide bonds. The van der Waals surface area contributed by atoms with Crippen LogP contribution < -0.4 is 9.47 Å². The Morgan fingerprint density at radius 3 is 2.03 bits per heavy atom. The highest BCUT2D eigenvalue weighted by molar-refractivity contribution is 6.46. The molecule has 1 fully saturated rings. The molecule has 39 heavy (non-hydrogen) atoms. The topological polar surface area (TPSA) is 102 Å². The summed E-state index contributed by atoms with van der Waals surface area (Å²) >= 11 is 0. The van der Waals surface area contributed by atoms with Crippen molar-refractivity contribution in [3.05, 3.63) is 101 Å². The largest absolute Gasteiger partial charge is 0.507 e. The number of hydrogen-bond donors (Lipinski definition) is 1. The van der Waals surface area contributed by atoms with Gasteiger partial charge in [0.1, 0.15) is 17.3 Å². The number of rotatable bonds is 9. The smallest absolute Gasteiger partial charge is 0.337 e. The molecule has 1 aliphatic heterocycles. The highest BCUT2D eigenvalue weighted by atomic mass is 16.5. The lowest BCUT2D eigenvalue weighted by Gasteiger charge is -2.25. The first-order valence-electron chi connectivity index (χ1n) is 12.6. The first-order chi connectivity index (χ1) is 18.7. The van der Waals surface area contributed by atoms with E-state index in [9.17, 15) is 19.5 Å². The maximum Gasteiger partial charge on any atom is 0.337 e. The minimum Gasteiger partial charge on any atom is -0.507 e. The second kappa shape index (κ2) is 11.9. The molecule has 0 spiro atoms. The normalized spacial score (nSPS) is 16.4. The van der Waals surface area contributed by atoms with E-state index >= 15 is 0 Å². The molecule has 1 unspecified atom stereocenters. The van der Waals surface area contributed by atoms with Crippen molar-refractivity contribution in [3.63, 3.8) is 0 Å². The third-order valence-electron chi connectivity index (χ3n) is 6.41. The maximum atomic E-state index is 13.3. The molecule has 0 bridgehead atoms. The summed E-state index contributed by atoms with van der Waals surface area (Å²) in [6, 6.07) is 19.5. The summed E-state index contributed by atoms with van der Waals surface area (Å²) in [5, 5.41) is 11.3. The van der Waals surface area contributed by atoms with Crippen LogP contribution in [0.3, 0.4) is 0 Å². The van der Waals surface area contributed by atoms with Gasteiger partial charge in [-0.25, -0.2) is 4.79 Å². The Morgan fingerprint density at radius 1 is 0.872 bits per heavy atom. The van der Waals surface area contributed by atoms with Gasteiger partial charge in [0.05, 0.1) is 38.0 Å². The molecule has 3 aromatic rings. The molecule has 0 aliphatic carbocycles. The van der Waals surface area contributed by atoms with Gasteiger partial charge in [0.15, 0.2) is 0 Å². The highest BCUT2D eigenvalue weighted by Crippen LogP contribution is 2.41. The van der Waals surface area contributed by atoms with Crippen molar-refractivity contribution in [2.45, 2.75) is 26.4 Å². The zero-order valence-corrected chi connectivity index (χ0v) is 22.3. The van der Waals surface area contributed by atoms with Crippen LogP contribution in [-0.2, 0) is 20.9 Å². The van der Waals surface area contributed by atoms with Crippen molar-refractivity contribution < 1.29 is 33.7 Å². The van der Waals surface area contributed by atoms with Crippen molar-refractivity contribution in [2.75, 3.05) is 20.8 Å². The quantitative estimate of drug-likeness (QED) is 0.177. The van der Waals surface area contributed by atoms with Crippen molar-refractivity contribution in [1.82, 2.24) is 4.90 Å². The molecular formula is C31H31NO7. The highest BCUT2D eigenvalue weighted by Gasteiger charge is 2.46. The van der Waals surface area contributed by atoms with Gasteiger partial charge < -0.3 is 24.2 Å². The second-order valence-electron chi connectivity index (χ2n) is 9.62. The number of hydrogen-bond acceptors (Lipinski definition) is 7. The van der Waals surface area contributed by atoms with Crippen LogP contribution >= 0.6 is 0 Å². The molecule has 4 rings (SSSR count). The van der Waals surface area contributed by atoms with Crippen LogP contribution in [0.2, 0.25) is 0 Å². The summed E-state index contributed by atoms with van der Waals surface area (Å²) in [5.74, 6) is -0.635. The number of carbonyl (C=O) groups is 3. The summed E-state index contributed by atoms with van der Waals surface area (Å²) in [7, 11) is 2.85. The molecule has 0 aromatic heterocycles. The van der Waals surface area contributed by atoms with Gasteiger partial charge in [-0.05, 0) is 65.6 Å². The molecule has 1 atom stereocenters. The summed E-state index contributed by atoms with van der Waals surface area (Å²) in [6.07, 6.45) is 0. The third kappa shape index (κ3) is 5.95. The van der Waals surface area contributed by atoms with Crippen molar-refractivity contribution in [1.29, 1.82) is 0 Å². The fourth-order valence-electron chi connectivity index (χ4n) is 4.36. The Kier molecular flexibility index (Phi) is 8.34. The van der Waals surface area contributed by atoms with E-state index in [2.05, 4.69) is 0 Å². The Labute approximate surface area is 227 Å². The summed E-state index contributed by atoms with van der Waals surface area (Å²) < 4.78 is 15.7. The van der Waals surface area contributed by atoms with E-state index in [-0.39, 0.29) is 17.9 Å². The average molecular weight is 530 g/mol. The van der Waals surface area contributed by atoms with Gasteiger partial charge in [0.2, 0.25) is 0 Å². The van der Waals surface area contributed by atoms with Crippen LogP contribution in [0, 0.1) is 5.92 Å². The number of carbonyl (C=O) groups excluding carboxylic acids is 3. The molecule has 1 aliphatic rings. The van der Waals surface area contributed by atoms with E-state index in [1.807, 2.05) is 13.8 Å². The Hall–Kier alpha value is -4.59. The number of Topliss-reactive ketones (excluding diaryl/α,β-unsaturated/α-hetero) is 1. The fourth-order valence-corrected chi connectivity index (χ4v) is 4.36. The Balaban J connectivity index is 1.73. The molecule has 0 saturated carbocycles. The number of esters is 1. The lowest BCUT2D eigenvalue weighted by Crippen LogP contribution is -2.29. The monoisotopic (exact) mass is 529 g/mol. The van der Waals surface area contributed by atoms with Crippen molar-refractivity contribution in [2.24, 2.45) is 5.92 Å². The molecule has 202 valence electrons.